The molecule has 0 saturated carbocycles. The number of aryl methyl sites for hydroxylation is 2. The molecule has 1 amide bonds. The number of aliphatic imine (C=N–C) groups is 1. The fraction of sp³-hybridized carbons (Fsp3) is 0.467. The molecule has 1 spiro atoms. The molecule has 1 aliphatic heterocycles. The largest absolute Gasteiger partial charge is 0.338 e. The van der Waals surface area contributed by atoms with Crippen LogP contribution in [0.5, 0.6) is 0 Å². The van der Waals surface area contributed by atoms with Crippen LogP contribution in [0.15, 0.2) is 23.2 Å². The van der Waals surface area contributed by atoms with E-state index in [-0.39, 0.29) is 5.91 Å². The third-order valence-electron chi connectivity index (χ3n) is 3.94. The third-order valence-corrected chi connectivity index (χ3v) is 3.94. The van der Waals surface area contributed by atoms with Gasteiger partial charge in [0.05, 0.1) is 0 Å². The second-order valence-corrected chi connectivity index (χ2v) is 5.38. The molecule has 1 fully saturated rings. The molecule has 0 aromatic heterocycles. The zero-order valence-electron chi connectivity index (χ0n) is 11.4. The maximum Gasteiger partial charge on any atom is 0.257 e. The second-order valence-electron chi connectivity index (χ2n) is 5.38. The summed E-state index contributed by atoms with van der Waals surface area (Å²) in [5.74, 6) is 0.660. The lowest BCUT2D eigenvalue weighted by atomic mass is 9.91. The Morgan fingerprint density at radius 3 is 3.05 bits per heavy atom. The van der Waals surface area contributed by atoms with Crippen molar-refractivity contribution in [1.29, 1.82) is 0 Å². The van der Waals surface area contributed by atoms with Crippen molar-refractivity contribution in [3.63, 3.8) is 0 Å². The number of carbonyl (C=O) groups is 1. The number of rotatable bonds is 2. The van der Waals surface area contributed by atoms with Crippen molar-refractivity contribution in [2.75, 3.05) is 6.54 Å². The first-order chi connectivity index (χ1) is 9.15. The van der Waals surface area contributed by atoms with Crippen molar-refractivity contribution in [2.45, 2.75) is 38.6 Å². The van der Waals surface area contributed by atoms with Gasteiger partial charge in [-0.15, -0.1) is 0 Å². The average molecular weight is 257 g/mol. The number of hydrogen-bond acceptors (Lipinski definition) is 2. The lowest BCUT2D eigenvalue weighted by molar-refractivity contribution is -0.124. The SMILES string of the molecule is CCCN=C1NC(=O)C2(CCc3ccc(C)cc32)N1. The van der Waals surface area contributed by atoms with Gasteiger partial charge in [0.2, 0.25) is 0 Å². The molecule has 4 nitrogen and oxygen atoms in total. The average Bonchev–Trinajstić information content (AvgIpc) is 2.91. The van der Waals surface area contributed by atoms with Crippen molar-refractivity contribution in [3.05, 3.63) is 34.9 Å². The highest BCUT2D eigenvalue weighted by Gasteiger charge is 2.50. The molecule has 4 heteroatoms. The molecule has 0 bridgehead atoms. The predicted octanol–water partition coefficient (Wildman–Crippen LogP) is 1.62. The highest BCUT2D eigenvalue weighted by molar-refractivity contribution is 6.09. The van der Waals surface area contributed by atoms with E-state index < -0.39 is 5.54 Å². The highest BCUT2D eigenvalue weighted by atomic mass is 16.2. The van der Waals surface area contributed by atoms with E-state index >= 15 is 0 Å². The summed E-state index contributed by atoms with van der Waals surface area (Å²) in [6.07, 6.45) is 2.73. The monoisotopic (exact) mass is 257 g/mol. The summed E-state index contributed by atoms with van der Waals surface area (Å²) >= 11 is 0. The van der Waals surface area contributed by atoms with E-state index in [1.54, 1.807) is 0 Å². The van der Waals surface area contributed by atoms with Crippen molar-refractivity contribution >= 4 is 11.9 Å². The zero-order valence-corrected chi connectivity index (χ0v) is 11.4. The van der Waals surface area contributed by atoms with E-state index in [9.17, 15) is 4.79 Å². The summed E-state index contributed by atoms with van der Waals surface area (Å²) in [7, 11) is 0. The van der Waals surface area contributed by atoms with Gasteiger partial charge >= 0.3 is 0 Å². The normalized spacial score (nSPS) is 26.6. The number of hydrogen-bond donors (Lipinski definition) is 2. The molecule has 1 heterocycles. The Bertz CT molecular complexity index is 565. The molecule has 0 radical (unpaired) electrons. The Morgan fingerprint density at radius 1 is 1.42 bits per heavy atom. The Balaban J connectivity index is 1.99. The molecule has 1 aliphatic carbocycles. The first kappa shape index (κ1) is 12.2. The van der Waals surface area contributed by atoms with Crippen molar-refractivity contribution in [2.24, 2.45) is 4.99 Å². The van der Waals surface area contributed by atoms with E-state index in [0.717, 1.165) is 31.4 Å². The molecule has 1 aromatic carbocycles. The van der Waals surface area contributed by atoms with Crippen LogP contribution in [0.3, 0.4) is 0 Å². The van der Waals surface area contributed by atoms with Gasteiger partial charge in [-0.3, -0.25) is 15.1 Å². The molecule has 1 aromatic rings. The van der Waals surface area contributed by atoms with Crippen LogP contribution in [-0.2, 0) is 16.8 Å². The van der Waals surface area contributed by atoms with Crippen molar-refractivity contribution < 1.29 is 4.79 Å². The minimum Gasteiger partial charge on any atom is -0.338 e. The van der Waals surface area contributed by atoms with Crippen molar-refractivity contribution in [1.82, 2.24) is 10.6 Å². The molecular weight excluding hydrogens is 238 g/mol. The smallest absolute Gasteiger partial charge is 0.257 e. The molecule has 3 rings (SSSR count). The summed E-state index contributed by atoms with van der Waals surface area (Å²) < 4.78 is 0. The summed E-state index contributed by atoms with van der Waals surface area (Å²) in [5.41, 5.74) is 2.98. The van der Waals surface area contributed by atoms with Gasteiger partial charge in [-0.2, -0.15) is 0 Å². The third kappa shape index (κ3) is 1.82. The quantitative estimate of drug-likeness (QED) is 0.846. The summed E-state index contributed by atoms with van der Waals surface area (Å²) in [6, 6.07) is 6.37. The highest BCUT2D eigenvalue weighted by Crippen LogP contribution is 2.39. The lowest BCUT2D eigenvalue weighted by Crippen LogP contribution is -2.41. The van der Waals surface area contributed by atoms with Crippen LogP contribution in [-0.4, -0.2) is 18.4 Å². The van der Waals surface area contributed by atoms with E-state index in [0.29, 0.717) is 5.96 Å². The van der Waals surface area contributed by atoms with E-state index in [2.05, 4.69) is 47.7 Å². The minimum atomic E-state index is -0.589. The Hall–Kier alpha value is -1.84. The Kier molecular flexibility index (Phi) is 2.81. The van der Waals surface area contributed by atoms with Gasteiger partial charge in [0, 0.05) is 6.54 Å². The number of amides is 1. The molecule has 100 valence electrons. The molecule has 1 unspecified atom stereocenters. The molecular formula is C15H19N3O. The first-order valence-electron chi connectivity index (χ1n) is 6.90. The first-order valence-corrected chi connectivity index (χ1v) is 6.90. The minimum absolute atomic E-state index is 0.0340. The molecule has 2 N–H and O–H groups in total. The van der Waals surface area contributed by atoms with Crippen LogP contribution < -0.4 is 10.6 Å². The van der Waals surface area contributed by atoms with Crippen LogP contribution >= 0.6 is 0 Å². The second kappa shape index (κ2) is 4.37. The number of benzene rings is 1. The Morgan fingerprint density at radius 2 is 2.26 bits per heavy atom. The van der Waals surface area contributed by atoms with Gasteiger partial charge in [0.15, 0.2) is 5.96 Å². The summed E-state index contributed by atoms with van der Waals surface area (Å²) in [4.78, 5) is 16.8. The molecule has 2 aliphatic rings. The fourth-order valence-corrected chi connectivity index (χ4v) is 2.94. The van der Waals surface area contributed by atoms with Crippen LogP contribution in [0, 0.1) is 6.92 Å². The number of fused-ring (bicyclic) bond motifs is 2. The standard InChI is InChI=1S/C15H19N3O/c1-3-8-16-14-17-13(19)15(18-14)7-6-11-5-4-10(2)9-12(11)15/h4-5,9H,3,6-8H2,1-2H3,(H2,16,17,18,19). The van der Waals surface area contributed by atoms with Gasteiger partial charge in [-0.05, 0) is 37.3 Å². The molecule has 1 atom stereocenters. The topological polar surface area (TPSA) is 53.5 Å². The number of guanidine groups is 1. The van der Waals surface area contributed by atoms with Crippen molar-refractivity contribution in [3.8, 4) is 0 Å². The Labute approximate surface area is 113 Å². The van der Waals surface area contributed by atoms with Gasteiger partial charge in [-0.1, -0.05) is 30.7 Å². The zero-order chi connectivity index (χ0) is 13.5. The fourth-order valence-electron chi connectivity index (χ4n) is 2.94. The predicted molar refractivity (Wildman–Crippen MR) is 75.0 cm³/mol. The van der Waals surface area contributed by atoms with Crippen LogP contribution in [0.2, 0.25) is 0 Å². The van der Waals surface area contributed by atoms with Gasteiger partial charge in [0.1, 0.15) is 5.54 Å². The van der Waals surface area contributed by atoms with E-state index in [4.69, 9.17) is 0 Å². The maximum absolute atomic E-state index is 12.4. The number of nitrogens with one attached hydrogen (secondary N) is 2. The molecule has 1 saturated heterocycles. The summed E-state index contributed by atoms with van der Waals surface area (Å²) in [6.45, 7) is 4.87. The number of nitrogens with zero attached hydrogens (tertiary/aromatic N) is 1. The van der Waals surface area contributed by atoms with Crippen LogP contribution in [0.25, 0.3) is 0 Å². The lowest BCUT2D eigenvalue weighted by Gasteiger charge is -2.22. The molecule has 19 heavy (non-hydrogen) atoms. The van der Waals surface area contributed by atoms with E-state index in [1.165, 1.54) is 11.1 Å². The number of carbonyl (C=O) groups excluding carboxylic acids is 1. The van der Waals surface area contributed by atoms with Gasteiger partial charge in [-0.25, -0.2) is 0 Å². The summed E-state index contributed by atoms with van der Waals surface area (Å²) in [5, 5.41) is 6.21. The van der Waals surface area contributed by atoms with Crippen LogP contribution in [0.1, 0.15) is 36.5 Å². The van der Waals surface area contributed by atoms with Gasteiger partial charge in [0.25, 0.3) is 5.91 Å². The van der Waals surface area contributed by atoms with E-state index in [1.807, 2.05) is 0 Å². The maximum atomic E-state index is 12.4. The van der Waals surface area contributed by atoms with Gasteiger partial charge < -0.3 is 5.32 Å². The van der Waals surface area contributed by atoms with Crippen LogP contribution in [0.4, 0.5) is 0 Å².